The number of hydrogen-bond acceptors (Lipinski definition) is 6. The van der Waals surface area contributed by atoms with Crippen molar-refractivity contribution in [2.75, 3.05) is 18.5 Å². The van der Waals surface area contributed by atoms with Gasteiger partial charge in [0.2, 0.25) is 11.8 Å². The van der Waals surface area contributed by atoms with Crippen LogP contribution in [0.15, 0.2) is 48.5 Å². The quantitative estimate of drug-likeness (QED) is 0.236. The van der Waals surface area contributed by atoms with Crippen LogP contribution in [0.25, 0.3) is 0 Å². The Morgan fingerprint density at radius 3 is 2.03 bits per heavy atom. The Labute approximate surface area is 210 Å². The SMILES string of the molecule is CC(=O)NCCCCC(=O)Nc1ccc(C#Cc2ccc(C(=O)N[C@H](C(=O)CO)[C@@H](C)O)cc2)cc1. The van der Waals surface area contributed by atoms with Crippen molar-refractivity contribution in [3.63, 3.8) is 0 Å². The number of unbranched alkanes of at least 4 members (excludes halogenated alkanes) is 1. The molecule has 36 heavy (non-hydrogen) atoms. The molecule has 0 spiro atoms. The number of carbonyl (C=O) groups excluding carboxylic acids is 4. The number of hydrogen-bond donors (Lipinski definition) is 5. The van der Waals surface area contributed by atoms with Gasteiger partial charge < -0.3 is 26.2 Å². The van der Waals surface area contributed by atoms with E-state index in [-0.39, 0.29) is 17.4 Å². The molecule has 0 saturated carbocycles. The summed E-state index contributed by atoms with van der Waals surface area (Å²) in [6.07, 6.45) is 0.642. The fraction of sp³-hybridized carbons (Fsp3) is 0.333. The minimum atomic E-state index is -1.19. The predicted molar refractivity (Wildman–Crippen MR) is 135 cm³/mol. The van der Waals surface area contributed by atoms with Crippen LogP contribution in [0.2, 0.25) is 0 Å². The van der Waals surface area contributed by atoms with Crippen molar-refractivity contribution in [3.05, 3.63) is 65.2 Å². The molecule has 190 valence electrons. The van der Waals surface area contributed by atoms with Crippen molar-refractivity contribution in [2.24, 2.45) is 0 Å². The van der Waals surface area contributed by atoms with Crippen LogP contribution < -0.4 is 16.0 Å². The molecule has 5 N–H and O–H groups in total. The molecular formula is C27H31N3O6. The third kappa shape index (κ3) is 9.70. The van der Waals surface area contributed by atoms with Gasteiger partial charge in [0.15, 0.2) is 5.78 Å². The molecule has 2 atom stereocenters. The summed E-state index contributed by atoms with van der Waals surface area (Å²) in [5, 5.41) is 26.6. The highest BCUT2D eigenvalue weighted by Gasteiger charge is 2.25. The summed E-state index contributed by atoms with van der Waals surface area (Å²) in [5.41, 5.74) is 2.36. The number of nitrogens with one attached hydrogen (secondary N) is 3. The number of carbonyl (C=O) groups is 4. The summed E-state index contributed by atoms with van der Waals surface area (Å²) < 4.78 is 0. The van der Waals surface area contributed by atoms with Gasteiger partial charge in [-0.05, 0) is 68.3 Å². The van der Waals surface area contributed by atoms with Crippen LogP contribution in [0.1, 0.15) is 54.6 Å². The number of rotatable bonds is 11. The Balaban J connectivity index is 1.88. The van der Waals surface area contributed by atoms with Crippen LogP contribution in [0, 0.1) is 11.8 Å². The van der Waals surface area contributed by atoms with E-state index in [9.17, 15) is 24.3 Å². The third-order valence-electron chi connectivity index (χ3n) is 5.14. The van der Waals surface area contributed by atoms with Crippen molar-refractivity contribution >= 4 is 29.2 Å². The first kappa shape index (κ1) is 28.2. The van der Waals surface area contributed by atoms with E-state index in [0.29, 0.717) is 30.6 Å². The summed E-state index contributed by atoms with van der Waals surface area (Å²) in [5.74, 6) is 4.61. The van der Waals surface area contributed by atoms with Crippen LogP contribution in [-0.2, 0) is 14.4 Å². The summed E-state index contributed by atoms with van der Waals surface area (Å²) in [6.45, 7) is 2.59. The number of aliphatic hydroxyl groups excluding tert-OH is 2. The zero-order chi connectivity index (χ0) is 26.5. The second-order valence-corrected chi connectivity index (χ2v) is 8.21. The van der Waals surface area contributed by atoms with Gasteiger partial charge in [-0.2, -0.15) is 0 Å². The maximum atomic E-state index is 12.4. The van der Waals surface area contributed by atoms with E-state index >= 15 is 0 Å². The predicted octanol–water partition coefficient (Wildman–Crippen LogP) is 1.37. The maximum Gasteiger partial charge on any atom is 0.251 e. The van der Waals surface area contributed by atoms with Gasteiger partial charge >= 0.3 is 0 Å². The normalized spacial score (nSPS) is 11.9. The van der Waals surface area contributed by atoms with Crippen molar-refractivity contribution in [1.82, 2.24) is 10.6 Å². The van der Waals surface area contributed by atoms with Gasteiger partial charge in [-0.1, -0.05) is 11.8 Å². The molecule has 2 aromatic carbocycles. The number of amides is 3. The molecule has 0 radical (unpaired) electrons. The molecule has 9 nitrogen and oxygen atoms in total. The van der Waals surface area contributed by atoms with Gasteiger partial charge in [0, 0.05) is 42.3 Å². The first-order valence-corrected chi connectivity index (χ1v) is 11.6. The lowest BCUT2D eigenvalue weighted by atomic mass is 10.1. The van der Waals surface area contributed by atoms with Gasteiger partial charge in [-0.3, -0.25) is 19.2 Å². The zero-order valence-corrected chi connectivity index (χ0v) is 20.3. The Morgan fingerprint density at radius 2 is 1.50 bits per heavy atom. The Morgan fingerprint density at radius 1 is 0.917 bits per heavy atom. The smallest absolute Gasteiger partial charge is 0.251 e. The highest BCUT2D eigenvalue weighted by Crippen LogP contribution is 2.11. The molecule has 0 aromatic heterocycles. The number of Topliss-reactive ketones (excluding diaryl/α,β-unsaturated/α-hetero) is 1. The van der Waals surface area contributed by atoms with Crippen LogP contribution in [0.4, 0.5) is 5.69 Å². The lowest BCUT2D eigenvalue weighted by Gasteiger charge is -2.19. The van der Waals surface area contributed by atoms with Crippen LogP contribution in [0.3, 0.4) is 0 Å². The zero-order valence-electron chi connectivity index (χ0n) is 20.3. The second-order valence-electron chi connectivity index (χ2n) is 8.21. The minimum absolute atomic E-state index is 0.0808. The molecule has 0 aliphatic carbocycles. The van der Waals surface area contributed by atoms with E-state index in [4.69, 9.17) is 5.11 Å². The molecule has 2 rings (SSSR count). The summed E-state index contributed by atoms with van der Waals surface area (Å²) in [4.78, 5) is 46.9. The lowest BCUT2D eigenvalue weighted by molar-refractivity contribution is -0.126. The van der Waals surface area contributed by atoms with Gasteiger partial charge in [-0.15, -0.1) is 0 Å². The van der Waals surface area contributed by atoms with E-state index in [1.54, 1.807) is 48.5 Å². The first-order valence-electron chi connectivity index (χ1n) is 11.6. The maximum absolute atomic E-state index is 12.4. The monoisotopic (exact) mass is 493 g/mol. The van der Waals surface area contributed by atoms with E-state index in [0.717, 1.165) is 12.0 Å². The van der Waals surface area contributed by atoms with E-state index < -0.39 is 30.4 Å². The van der Waals surface area contributed by atoms with Crippen molar-refractivity contribution < 1.29 is 29.4 Å². The number of aliphatic hydroxyl groups is 2. The average molecular weight is 494 g/mol. The molecule has 9 heteroatoms. The molecule has 3 amide bonds. The summed E-state index contributed by atoms with van der Waals surface area (Å²) in [7, 11) is 0. The third-order valence-corrected chi connectivity index (χ3v) is 5.14. The highest BCUT2D eigenvalue weighted by molar-refractivity contribution is 5.98. The van der Waals surface area contributed by atoms with Crippen LogP contribution in [-0.4, -0.2) is 59.0 Å². The molecule has 0 unspecified atom stereocenters. The van der Waals surface area contributed by atoms with Crippen molar-refractivity contribution in [3.8, 4) is 11.8 Å². The first-order chi connectivity index (χ1) is 17.2. The lowest BCUT2D eigenvalue weighted by Crippen LogP contribution is -2.48. The molecule has 0 saturated heterocycles. The molecule has 0 fully saturated rings. The van der Waals surface area contributed by atoms with Gasteiger partial charge in [0.1, 0.15) is 12.6 Å². The molecule has 0 aliphatic heterocycles. The van der Waals surface area contributed by atoms with E-state index in [1.807, 2.05) is 0 Å². The van der Waals surface area contributed by atoms with Gasteiger partial charge in [0.25, 0.3) is 5.91 Å². The Kier molecular flexibility index (Phi) is 11.3. The van der Waals surface area contributed by atoms with Crippen molar-refractivity contribution in [2.45, 2.75) is 45.3 Å². The van der Waals surface area contributed by atoms with Gasteiger partial charge in [0.05, 0.1) is 6.10 Å². The summed E-state index contributed by atoms with van der Waals surface area (Å²) in [6, 6.07) is 12.3. The van der Waals surface area contributed by atoms with Crippen LogP contribution in [0.5, 0.6) is 0 Å². The topological polar surface area (TPSA) is 145 Å². The minimum Gasteiger partial charge on any atom is -0.391 e. The number of benzene rings is 2. The van der Waals surface area contributed by atoms with E-state index in [2.05, 4.69) is 27.8 Å². The number of anilines is 1. The van der Waals surface area contributed by atoms with Gasteiger partial charge in [-0.25, -0.2) is 0 Å². The van der Waals surface area contributed by atoms with Crippen molar-refractivity contribution in [1.29, 1.82) is 0 Å². The highest BCUT2D eigenvalue weighted by atomic mass is 16.3. The second kappa shape index (κ2) is 14.4. The molecule has 0 bridgehead atoms. The molecule has 0 aliphatic rings. The van der Waals surface area contributed by atoms with Crippen LogP contribution >= 0.6 is 0 Å². The molecule has 2 aromatic rings. The Bertz CT molecular complexity index is 1110. The fourth-order valence-electron chi connectivity index (χ4n) is 3.18. The average Bonchev–Trinajstić information content (AvgIpc) is 2.86. The Hall–Kier alpha value is -4.00. The molecule has 0 heterocycles. The largest absolute Gasteiger partial charge is 0.391 e. The fourth-order valence-corrected chi connectivity index (χ4v) is 3.18. The van der Waals surface area contributed by atoms with E-state index in [1.165, 1.54) is 13.8 Å². The standard InChI is InChI=1S/C27H31N3O6/c1-18(32)26(24(34)17-31)30-27(36)22-12-8-20(9-13-22)6-7-21-10-14-23(15-11-21)29-25(35)5-3-4-16-28-19(2)33/h8-15,18,26,31-32H,3-5,16-17H2,1-2H3,(H,28,33)(H,29,35)(H,30,36)/t18-,26+/m1/s1. The number of ketones is 1. The molecular weight excluding hydrogens is 462 g/mol. The summed E-state index contributed by atoms with van der Waals surface area (Å²) >= 11 is 0.